The number of phenolic OH excluding ortho intramolecular Hbond substituents is 1. The van der Waals surface area contributed by atoms with Crippen LogP contribution in [-0.2, 0) is 14.3 Å². The number of nitrogens with zero attached hydrogens (tertiary/aromatic N) is 1. The largest absolute Gasteiger partial charge is 0.507 e. The second kappa shape index (κ2) is 9.05. The van der Waals surface area contributed by atoms with Crippen LogP contribution in [0, 0.1) is 6.92 Å². The quantitative estimate of drug-likeness (QED) is 0.739. The monoisotopic (exact) mass is 390 g/mol. The van der Waals surface area contributed by atoms with Crippen molar-refractivity contribution in [3.63, 3.8) is 0 Å². The van der Waals surface area contributed by atoms with Crippen LogP contribution >= 0.6 is 11.6 Å². The second-order valence-corrected chi connectivity index (χ2v) is 6.34. The van der Waals surface area contributed by atoms with Gasteiger partial charge in [0.1, 0.15) is 11.3 Å². The number of hydrogen-bond acceptors (Lipinski definition) is 5. The Morgan fingerprint density at radius 2 is 1.81 bits per heavy atom. The van der Waals surface area contributed by atoms with Gasteiger partial charge in [0.2, 0.25) is 5.91 Å². The molecule has 2 rings (SSSR count). The van der Waals surface area contributed by atoms with Crippen LogP contribution in [0.5, 0.6) is 5.75 Å². The van der Waals surface area contributed by atoms with Gasteiger partial charge in [-0.05, 0) is 37.3 Å². The zero-order chi connectivity index (χ0) is 20.0. The van der Waals surface area contributed by atoms with E-state index >= 15 is 0 Å². The molecular weight excluding hydrogens is 372 g/mol. The zero-order valence-corrected chi connectivity index (χ0v) is 15.6. The lowest BCUT2D eigenvalue weighted by atomic mass is 10.2. The Balaban J connectivity index is 1.84. The minimum atomic E-state index is -0.888. The predicted octanol–water partition coefficient (Wildman–Crippen LogP) is 2.61. The van der Waals surface area contributed by atoms with Gasteiger partial charge in [0.05, 0.1) is 6.54 Å². The Morgan fingerprint density at radius 1 is 1.15 bits per heavy atom. The smallest absolute Gasteiger partial charge is 0.342 e. The molecule has 2 amide bonds. The van der Waals surface area contributed by atoms with Crippen molar-refractivity contribution < 1.29 is 24.2 Å². The van der Waals surface area contributed by atoms with Crippen molar-refractivity contribution in [2.24, 2.45) is 0 Å². The van der Waals surface area contributed by atoms with Crippen LogP contribution in [0.4, 0.5) is 5.69 Å². The SMILES string of the molecule is Cc1ccc(NC(=O)CN(C)C(=O)COC(=O)c2cc(Cl)ccc2O)cc1. The Kier molecular flexibility index (Phi) is 6.79. The molecule has 2 N–H and O–H groups in total. The molecule has 0 fully saturated rings. The van der Waals surface area contributed by atoms with E-state index in [1.54, 1.807) is 12.1 Å². The van der Waals surface area contributed by atoms with E-state index in [9.17, 15) is 19.5 Å². The van der Waals surface area contributed by atoms with E-state index in [0.29, 0.717) is 5.69 Å². The molecule has 0 spiro atoms. The summed E-state index contributed by atoms with van der Waals surface area (Å²) in [6, 6.07) is 11.1. The van der Waals surface area contributed by atoms with Crippen LogP contribution in [0.1, 0.15) is 15.9 Å². The van der Waals surface area contributed by atoms with Gasteiger partial charge in [0.15, 0.2) is 6.61 Å². The summed E-state index contributed by atoms with van der Waals surface area (Å²) in [6.07, 6.45) is 0. The molecule has 0 bridgehead atoms. The van der Waals surface area contributed by atoms with Crippen molar-refractivity contribution in [3.8, 4) is 5.75 Å². The van der Waals surface area contributed by atoms with Crippen molar-refractivity contribution in [3.05, 3.63) is 58.6 Å². The molecule has 0 atom stereocenters. The lowest BCUT2D eigenvalue weighted by molar-refractivity contribution is -0.136. The molecule has 0 aliphatic rings. The number of hydrogen-bond donors (Lipinski definition) is 2. The van der Waals surface area contributed by atoms with Crippen molar-refractivity contribution >= 4 is 35.1 Å². The molecule has 2 aromatic carbocycles. The molecule has 7 nitrogen and oxygen atoms in total. The number of aromatic hydroxyl groups is 1. The fourth-order valence-electron chi connectivity index (χ4n) is 2.13. The van der Waals surface area contributed by atoms with Crippen LogP contribution in [0.2, 0.25) is 5.02 Å². The molecular formula is C19H19ClN2O5. The summed E-state index contributed by atoms with van der Waals surface area (Å²) in [7, 11) is 1.42. The highest BCUT2D eigenvalue weighted by molar-refractivity contribution is 6.31. The van der Waals surface area contributed by atoms with Gasteiger partial charge in [0.25, 0.3) is 5.91 Å². The number of halogens is 1. The summed E-state index contributed by atoms with van der Waals surface area (Å²) in [4.78, 5) is 37.1. The first-order valence-electron chi connectivity index (χ1n) is 8.02. The number of nitrogens with one attached hydrogen (secondary N) is 1. The summed E-state index contributed by atoms with van der Waals surface area (Å²) in [5, 5.41) is 12.6. The van der Waals surface area contributed by atoms with Gasteiger partial charge >= 0.3 is 5.97 Å². The molecule has 0 aromatic heterocycles. The summed E-state index contributed by atoms with van der Waals surface area (Å²) in [6.45, 7) is 1.16. The Bertz CT molecular complexity index is 852. The van der Waals surface area contributed by atoms with Crippen LogP contribution in [0.3, 0.4) is 0 Å². The molecule has 0 saturated carbocycles. The summed E-state index contributed by atoms with van der Waals surface area (Å²) >= 11 is 5.77. The maximum atomic E-state index is 12.0. The molecule has 142 valence electrons. The van der Waals surface area contributed by atoms with Crippen LogP contribution in [0.25, 0.3) is 0 Å². The number of phenols is 1. The minimum Gasteiger partial charge on any atom is -0.507 e. The van der Waals surface area contributed by atoms with Crippen LogP contribution in [-0.4, -0.2) is 48.0 Å². The number of amides is 2. The number of anilines is 1. The van der Waals surface area contributed by atoms with E-state index in [-0.39, 0.29) is 28.8 Å². The first kappa shape index (κ1) is 20.3. The van der Waals surface area contributed by atoms with E-state index in [4.69, 9.17) is 16.3 Å². The number of carbonyl (C=O) groups excluding carboxylic acids is 3. The Labute approximate surface area is 161 Å². The third kappa shape index (κ3) is 6.00. The van der Waals surface area contributed by atoms with Crippen molar-refractivity contribution in [2.45, 2.75) is 6.92 Å². The summed E-state index contributed by atoms with van der Waals surface area (Å²) in [5.41, 5.74) is 1.54. The van der Waals surface area contributed by atoms with Gasteiger partial charge in [-0.25, -0.2) is 4.79 Å². The lowest BCUT2D eigenvalue weighted by Gasteiger charge is -2.17. The van der Waals surface area contributed by atoms with Crippen LogP contribution in [0.15, 0.2) is 42.5 Å². The predicted molar refractivity (Wildman–Crippen MR) is 101 cm³/mol. The average Bonchev–Trinajstić information content (AvgIpc) is 2.63. The molecule has 8 heteroatoms. The van der Waals surface area contributed by atoms with Gasteiger partial charge in [0, 0.05) is 17.8 Å². The van der Waals surface area contributed by atoms with Crippen molar-refractivity contribution in [1.29, 1.82) is 0 Å². The average molecular weight is 391 g/mol. The number of esters is 1. The maximum absolute atomic E-state index is 12.0. The van der Waals surface area contributed by atoms with Crippen molar-refractivity contribution in [1.82, 2.24) is 4.90 Å². The number of rotatable bonds is 6. The number of benzene rings is 2. The standard InChI is InChI=1S/C19H19ClN2O5/c1-12-3-6-14(7-4-12)21-17(24)10-22(2)18(25)11-27-19(26)15-9-13(20)5-8-16(15)23/h3-9,23H,10-11H2,1-2H3,(H,21,24). The number of aryl methyl sites for hydroxylation is 1. The van der Waals surface area contributed by atoms with E-state index in [2.05, 4.69) is 5.32 Å². The van der Waals surface area contributed by atoms with E-state index < -0.39 is 18.5 Å². The Hall–Kier alpha value is -3.06. The lowest BCUT2D eigenvalue weighted by Crippen LogP contribution is -2.37. The Morgan fingerprint density at radius 3 is 2.48 bits per heavy atom. The first-order chi connectivity index (χ1) is 12.8. The van der Waals surface area contributed by atoms with E-state index in [0.717, 1.165) is 10.5 Å². The van der Waals surface area contributed by atoms with Gasteiger partial charge in [-0.2, -0.15) is 0 Å². The van der Waals surface area contributed by atoms with Gasteiger partial charge in [-0.1, -0.05) is 29.3 Å². The molecule has 27 heavy (non-hydrogen) atoms. The summed E-state index contributed by atoms with van der Waals surface area (Å²) in [5.74, 6) is -2.14. The molecule has 0 aliphatic heterocycles. The zero-order valence-electron chi connectivity index (χ0n) is 14.9. The topological polar surface area (TPSA) is 95.9 Å². The van der Waals surface area contributed by atoms with E-state index in [1.807, 2.05) is 19.1 Å². The fraction of sp³-hybridized carbons (Fsp3) is 0.211. The molecule has 2 aromatic rings. The van der Waals surface area contributed by atoms with Crippen LogP contribution < -0.4 is 5.32 Å². The van der Waals surface area contributed by atoms with Gasteiger partial charge < -0.3 is 20.1 Å². The second-order valence-electron chi connectivity index (χ2n) is 5.90. The normalized spacial score (nSPS) is 10.2. The number of likely N-dealkylation sites (N-methyl/N-ethyl adjacent to an activating group) is 1. The highest BCUT2D eigenvalue weighted by atomic mass is 35.5. The maximum Gasteiger partial charge on any atom is 0.342 e. The summed E-state index contributed by atoms with van der Waals surface area (Å²) < 4.78 is 4.88. The highest BCUT2D eigenvalue weighted by Gasteiger charge is 2.18. The number of carbonyl (C=O) groups is 3. The third-order valence-electron chi connectivity index (χ3n) is 3.65. The highest BCUT2D eigenvalue weighted by Crippen LogP contribution is 2.22. The number of ether oxygens (including phenoxy) is 1. The molecule has 0 aliphatic carbocycles. The van der Waals surface area contributed by atoms with Gasteiger partial charge in [-0.3, -0.25) is 9.59 Å². The fourth-order valence-corrected chi connectivity index (χ4v) is 2.30. The van der Waals surface area contributed by atoms with Gasteiger partial charge in [-0.15, -0.1) is 0 Å². The van der Waals surface area contributed by atoms with Crippen molar-refractivity contribution in [2.75, 3.05) is 25.5 Å². The molecule has 0 saturated heterocycles. The minimum absolute atomic E-state index is 0.143. The molecule has 0 unspecified atom stereocenters. The third-order valence-corrected chi connectivity index (χ3v) is 3.88. The first-order valence-corrected chi connectivity index (χ1v) is 8.40. The van der Waals surface area contributed by atoms with E-state index in [1.165, 1.54) is 25.2 Å². The molecule has 0 radical (unpaired) electrons. The molecule has 0 heterocycles.